The Balaban J connectivity index is 3.69. The number of amides is 1. The van der Waals surface area contributed by atoms with Crippen LogP contribution < -0.4 is 5.32 Å². The molecule has 14 heavy (non-hydrogen) atoms. The van der Waals surface area contributed by atoms with Gasteiger partial charge in [-0.1, -0.05) is 13.3 Å². The molecule has 0 spiro atoms. The fourth-order valence-corrected chi connectivity index (χ4v) is 1.27. The molecule has 0 aromatic carbocycles. The van der Waals surface area contributed by atoms with E-state index in [1.807, 2.05) is 11.9 Å². The first kappa shape index (κ1) is 13.4. The van der Waals surface area contributed by atoms with Crippen molar-refractivity contribution in [1.82, 2.24) is 10.2 Å². The number of aliphatic hydroxyl groups is 1. The van der Waals surface area contributed by atoms with Crippen molar-refractivity contribution in [3.05, 3.63) is 0 Å². The minimum absolute atomic E-state index is 0.0000319. The standard InChI is InChI=1S/C10H22N2O2/c1-4-5-9(2)12(3)8-10(14)11-6-7-13/h9,13H,4-8H2,1-3H3,(H,11,14). The Morgan fingerprint density at radius 1 is 1.57 bits per heavy atom. The Morgan fingerprint density at radius 3 is 2.71 bits per heavy atom. The highest BCUT2D eigenvalue weighted by Crippen LogP contribution is 2.02. The number of hydrogen-bond acceptors (Lipinski definition) is 3. The van der Waals surface area contributed by atoms with E-state index in [4.69, 9.17) is 5.11 Å². The van der Waals surface area contributed by atoms with E-state index >= 15 is 0 Å². The zero-order valence-electron chi connectivity index (χ0n) is 9.42. The molecule has 0 bridgehead atoms. The molecule has 0 radical (unpaired) electrons. The molecule has 4 nitrogen and oxygen atoms in total. The molecule has 0 heterocycles. The average molecular weight is 202 g/mol. The molecule has 84 valence electrons. The third-order valence-corrected chi connectivity index (χ3v) is 2.29. The van der Waals surface area contributed by atoms with Gasteiger partial charge < -0.3 is 10.4 Å². The number of likely N-dealkylation sites (N-methyl/N-ethyl adjacent to an activating group) is 1. The quantitative estimate of drug-likeness (QED) is 0.621. The molecule has 1 unspecified atom stereocenters. The molecule has 1 atom stereocenters. The maximum absolute atomic E-state index is 11.3. The van der Waals surface area contributed by atoms with Crippen LogP contribution in [0.5, 0.6) is 0 Å². The molecule has 0 aromatic heterocycles. The summed E-state index contributed by atoms with van der Waals surface area (Å²) < 4.78 is 0. The number of aliphatic hydroxyl groups excluding tert-OH is 1. The van der Waals surface area contributed by atoms with Crippen LogP contribution in [0, 0.1) is 0 Å². The van der Waals surface area contributed by atoms with Crippen molar-refractivity contribution < 1.29 is 9.90 Å². The minimum atomic E-state index is -0.0236. The van der Waals surface area contributed by atoms with Gasteiger partial charge in [-0.2, -0.15) is 0 Å². The first-order chi connectivity index (χ1) is 6.61. The molecule has 0 aliphatic rings. The normalized spacial score (nSPS) is 12.9. The molecule has 0 aliphatic heterocycles. The van der Waals surface area contributed by atoms with Crippen molar-refractivity contribution in [2.45, 2.75) is 32.7 Å². The number of hydrogen-bond donors (Lipinski definition) is 2. The smallest absolute Gasteiger partial charge is 0.234 e. The third-order valence-electron chi connectivity index (χ3n) is 2.29. The second-order valence-electron chi connectivity index (χ2n) is 3.63. The summed E-state index contributed by atoms with van der Waals surface area (Å²) in [5, 5.41) is 11.1. The van der Waals surface area contributed by atoms with E-state index < -0.39 is 0 Å². The van der Waals surface area contributed by atoms with Crippen LogP contribution in [0.1, 0.15) is 26.7 Å². The summed E-state index contributed by atoms with van der Waals surface area (Å²) in [7, 11) is 1.94. The summed E-state index contributed by atoms with van der Waals surface area (Å²) in [6.07, 6.45) is 2.23. The van der Waals surface area contributed by atoms with Crippen molar-refractivity contribution in [3.8, 4) is 0 Å². The molecular formula is C10H22N2O2. The fourth-order valence-electron chi connectivity index (χ4n) is 1.27. The van der Waals surface area contributed by atoms with Gasteiger partial charge in [0.15, 0.2) is 0 Å². The van der Waals surface area contributed by atoms with Gasteiger partial charge in [0.25, 0.3) is 0 Å². The summed E-state index contributed by atoms with van der Waals surface area (Å²) in [4.78, 5) is 13.3. The first-order valence-electron chi connectivity index (χ1n) is 5.19. The summed E-state index contributed by atoms with van der Waals surface area (Å²) >= 11 is 0. The molecule has 2 N–H and O–H groups in total. The average Bonchev–Trinajstić information content (AvgIpc) is 2.15. The van der Waals surface area contributed by atoms with Crippen molar-refractivity contribution in [3.63, 3.8) is 0 Å². The van der Waals surface area contributed by atoms with Gasteiger partial charge in [-0.15, -0.1) is 0 Å². The summed E-state index contributed by atoms with van der Waals surface area (Å²) in [6.45, 7) is 5.00. The molecule has 0 saturated heterocycles. The van der Waals surface area contributed by atoms with Gasteiger partial charge in [-0.05, 0) is 20.4 Å². The maximum atomic E-state index is 11.3. The Morgan fingerprint density at radius 2 is 2.21 bits per heavy atom. The van der Waals surface area contributed by atoms with Crippen molar-refractivity contribution in [2.24, 2.45) is 0 Å². The maximum Gasteiger partial charge on any atom is 0.234 e. The minimum Gasteiger partial charge on any atom is -0.395 e. The monoisotopic (exact) mass is 202 g/mol. The zero-order chi connectivity index (χ0) is 11.0. The number of nitrogens with one attached hydrogen (secondary N) is 1. The lowest BCUT2D eigenvalue weighted by Crippen LogP contribution is -2.40. The van der Waals surface area contributed by atoms with E-state index in [1.54, 1.807) is 0 Å². The fraction of sp³-hybridized carbons (Fsp3) is 0.900. The van der Waals surface area contributed by atoms with E-state index in [0.717, 1.165) is 12.8 Å². The second kappa shape index (κ2) is 7.76. The van der Waals surface area contributed by atoms with Crippen LogP contribution in [-0.4, -0.2) is 48.7 Å². The van der Waals surface area contributed by atoms with Gasteiger partial charge in [-0.25, -0.2) is 0 Å². The van der Waals surface area contributed by atoms with Gasteiger partial charge in [0, 0.05) is 12.6 Å². The Kier molecular flexibility index (Phi) is 7.42. The van der Waals surface area contributed by atoms with Gasteiger partial charge >= 0.3 is 0 Å². The highest BCUT2D eigenvalue weighted by atomic mass is 16.3. The van der Waals surface area contributed by atoms with Gasteiger partial charge in [-0.3, -0.25) is 9.69 Å². The van der Waals surface area contributed by atoms with Crippen molar-refractivity contribution >= 4 is 5.91 Å². The summed E-state index contributed by atoms with van der Waals surface area (Å²) in [5.41, 5.74) is 0. The molecule has 0 rings (SSSR count). The molecule has 0 aromatic rings. The Labute approximate surface area is 86.3 Å². The molecule has 0 saturated carbocycles. The predicted octanol–water partition coefficient (Wildman–Crippen LogP) is 0.215. The number of rotatable bonds is 7. The third kappa shape index (κ3) is 5.94. The highest BCUT2D eigenvalue weighted by Gasteiger charge is 2.11. The van der Waals surface area contributed by atoms with Crippen LogP contribution in [-0.2, 0) is 4.79 Å². The number of carbonyl (C=O) groups excluding carboxylic acids is 1. The van der Waals surface area contributed by atoms with Crippen LogP contribution in [0.2, 0.25) is 0 Å². The van der Waals surface area contributed by atoms with Crippen molar-refractivity contribution in [1.29, 1.82) is 0 Å². The van der Waals surface area contributed by atoms with E-state index in [0.29, 0.717) is 19.1 Å². The zero-order valence-corrected chi connectivity index (χ0v) is 9.42. The van der Waals surface area contributed by atoms with E-state index in [9.17, 15) is 4.79 Å². The predicted molar refractivity (Wildman–Crippen MR) is 57.1 cm³/mol. The molecule has 0 fully saturated rings. The Bertz CT molecular complexity index is 162. The molecule has 1 amide bonds. The van der Waals surface area contributed by atoms with Crippen LogP contribution in [0.4, 0.5) is 0 Å². The van der Waals surface area contributed by atoms with Crippen LogP contribution in [0.25, 0.3) is 0 Å². The van der Waals surface area contributed by atoms with Crippen molar-refractivity contribution in [2.75, 3.05) is 26.7 Å². The SMILES string of the molecule is CCCC(C)N(C)CC(=O)NCCO. The summed E-state index contributed by atoms with van der Waals surface area (Å²) in [5.74, 6) is -0.0236. The lowest BCUT2D eigenvalue weighted by atomic mass is 10.2. The van der Waals surface area contributed by atoms with Gasteiger partial charge in [0.05, 0.1) is 13.2 Å². The van der Waals surface area contributed by atoms with Gasteiger partial charge in [0.1, 0.15) is 0 Å². The second-order valence-corrected chi connectivity index (χ2v) is 3.63. The van der Waals surface area contributed by atoms with Crippen LogP contribution >= 0.6 is 0 Å². The van der Waals surface area contributed by atoms with E-state index in [-0.39, 0.29) is 12.5 Å². The molecule has 4 heteroatoms. The van der Waals surface area contributed by atoms with E-state index in [2.05, 4.69) is 19.2 Å². The topological polar surface area (TPSA) is 52.6 Å². The lowest BCUT2D eigenvalue weighted by Gasteiger charge is -2.23. The van der Waals surface area contributed by atoms with Crippen LogP contribution in [0.3, 0.4) is 0 Å². The van der Waals surface area contributed by atoms with E-state index in [1.165, 1.54) is 0 Å². The number of carbonyl (C=O) groups is 1. The highest BCUT2D eigenvalue weighted by molar-refractivity contribution is 5.77. The largest absolute Gasteiger partial charge is 0.395 e. The molecular weight excluding hydrogens is 180 g/mol. The molecule has 0 aliphatic carbocycles. The lowest BCUT2D eigenvalue weighted by molar-refractivity contribution is -0.122. The van der Waals surface area contributed by atoms with Gasteiger partial charge in [0.2, 0.25) is 5.91 Å². The number of nitrogens with zero attached hydrogens (tertiary/aromatic N) is 1. The Hall–Kier alpha value is -0.610. The first-order valence-corrected chi connectivity index (χ1v) is 5.19. The summed E-state index contributed by atoms with van der Waals surface area (Å²) in [6, 6.07) is 0.430. The van der Waals surface area contributed by atoms with Crippen LogP contribution in [0.15, 0.2) is 0 Å².